The summed E-state index contributed by atoms with van der Waals surface area (Å²) in [5.74, 6) is 0. The third kappa shape index (κ3) is 19.1. The predicted molar refractivity (Wildman–Crippen MR) is 628 cm³/mol. The van der Waals surface area contributed by atoms with Crippen molar-refractivity contribution in [3.05, 3.63) is 613 Å². The predicted octanol–water partition coefficient (Wildman–Crippen LogP) is 40.7. The van der Waals surface area contributed by atoms with Gasteiger partial charge in [-0.15, -0.1) is 0 Å². The summed E-state index contributed by atoms with van der Waals surface area (Å²) in [6.07, 6.45) is 0. The molecule has 0 amide bonds. The summed E-state index contributed by atoms with van der Waals surface area (Å²) in [6, 6.07) is 221. The summed E-state index contributed by atoms with van der Waals surface area (Å²) >= 11 is 0. The molecule has 0 aliphatic carbocycles. The van der Waals surface area contributed by atoms with E-state index in [0.717, 1.165) is 51.2 Å². The van der Waals surface area contributed by atoms with E-state index in [1.807, 2.05) is 0 Å². The molecule has 0 saturated carbocycles. The third-order valence-electron chi connectivity index (χ3n) is 28.3. The van der Waals surface area contributed by atoms with Crippen molar-refractivity contribution in [2.24, 2.45) is 0 Å². The molecule has 0 aliphatic heterocycles. The number of rotatable bonds is 20. The Morgan fingerprint density at radius 1 is 0.0884 bits per heavy atom. The summed E-state index contributed by atoms with van der Waals surface area (Å²) < 4.78 is 0. The van der Waals surface area contributed by atoms with Gasteiger partial charge in [0.1, 0.15) is 0 Å². The van der Waals surface area contributed by atoms with Gasteiger partial charge >= 0.3 is 0 Å². The fourth-order valence-electron chi connectivity index (χ4n) is 21.0. The van der Waals surface area contributed by atoms with Crippen LogP contribution in [0.4, 0.5) is 51.2 Å². The fraction of sp³-hybridized carbons (Fsp3) is 0. The zero-order valence-electron chi connectivity index (χ0n) is 81.2. The summed E-state index contributed by atoms with van der Waals surface area (Å²) in [6.45, 7) is 0. The molecule has 692 valence electrons. The van der Waals surface area contributed by atoms with Crippen molar-refractivity contribution in [1.29, 1.82) is 0 Å². The summed E-state index contributed by atoms with van der Waals surface area (Å²) in [4.78, 5) is 7.06. The van der Waals surface area contributed by atoms with Crippen LogP contribution in [0.1, 0.15) is 0 Å². The first-order valence-electron chi connectivity index (χ1n) is 50.5. The zero-order valence-corrected chi connectivity index (χ0v) is 81.2. The van der Waals surface area contributed by atoms with E-state index in [0.29, 0.717) is 0 Å². The van der Waals surface area contributed by atoms with E-state index < -0.39 is 0 Å². The molecule has 0 radical (unpaired) electrons. The normalized spacial score (nSPS) is 11.1. The molecule has 0 aliphatic rings. The highest BCUT2D eigenvalue weighted by Gasteiger charge is 2.23. The number of nitrogens with zero attached hydrogens (tertiary/aromatic N) is 3. The van der Waals surface area contributed by atoms with Gasteiger partial charge in [0.2, 0.25) is 0 Å². The van der Waals surface area contributed by atoms with Gasteiger partial charge in [-0.25, -0.2) is 0 Å². The van der Waals surface area contributed by atoms with Crippen LogP contribution in [0.5, 0.6) is 0 Å². The Kier molecular flexibility index (Phi) is 25.5. The van der Waals surface area contributed by atoms with E-state index in [4.69, 9.17) is 0 Å². The Labute approximate surface area is 859 Å². The van der Waals surface area contributed by atoms with Crippen molar-refractivity contribution in [2.75, 3.05) is 14.7 Å². The standard InChI is InChI=1S/C52H35N.2C46H33N/c1-2-13-38(14-3-1)51-34-42(33-40-16-5-9-21-48(40)51)36-25-29-43(30-26-36)53(52-35-41-17-6-8-20-47(41)49-22-10-11-23-50(49)52)44-31-27-39(28-32-44)46-24-12-18-37-15-4-7-19-45(37)46;1-4-13-34(14-5-1)38-18-12-19-39(31-38)35-23-27-43(28-24-35)47(42-20-8-3-9-21-42)44-29-25-36(26-30-44)41-32-40-17-10-11-22-45(40)46(33-41)37-15-6-2-7-16-37;1-4-12-34(13-5-1)35-20-22-36(23-21-35)37-24-28-43(29-25-37)47(42-17-8-3-9-18-42)44-30-26-38(27-31-44)41-32-40-16-10-11-19-45(40)46(33-41)39-14-6-2-7-15-39/h1-35H;2*1-33H. The fourth-order valence-corrected chi connectivity index (χ4v) is 21.0. The summed E-state index contributed by atoms with van der Waals surface area (Å²) in [5, 5.41) is 15.0. The lowest BCUT2D eigenvalue weighted by molar-refractivity contribution is 1.28. The number of benzene rings is 26. The van der Waals surface area contributed by atoms with Crippen LogP contribution in [0.3, 0.4) is 0 Å². The van der Waals surface area contributed by atoms with Crippen LogP contribution in [0.2, 0.25) is 0 Å². The van der Waals surface area contributed by atoms with Crippen LogP contribution in [-0.4, -0.2) is 0 Å². The van der Waals surface area contributed by atoms with Crippen LogP contribution in [-0.2, 0) is 0 Å². The van der Waals surface area contributed by atoms with Gasteiger partial charge < -0.3 is 14.7 Å². The molecule has 0 unspecified atom stereocenters. The molecular weight excluding hydrogens is 1770 g/mol. The molecule has 3 nitrogen and oxygen atoms in total. The molecule has 26 aromatic rings. The Bertz CT molecular complexity index is 9100. The monoisotopic (exact) mass is 1870 g/mol. The van der Waals surface area contributed by atoms with Gasteiger partial charge in [-0.2, -0.15) is 0 Å². The number of hydrogen-bond donors (Lipinski definition) is 0. The highest BCUT2D eigenvalue weighted by atomic mass is 15.2. The average Bonchev–Trinajstić information content (AvgIpc) is 0.750. The number of para-hydroxylation sites is 2. The van der Waals surface area contributed by atoms with Crippen molar-refractivity contribution in [3.63, 3.8) is 0 Å². The number of anilines is 9. The quantitative estimate of drug-likeness (QED) is 0.0704. The minimum absolute atomic E-state index is 1.11. The second kappa shape index (κ2) is 41.5. The smallest absolute Gasteiger partial charge is 0.0546 e. The second-order valence-electron chi connectivity index (χ2n) is 37.4. The van der Waals surface area contributed by atoms with Crippen LogP contribution in [0.25, 0.3) is 187 Å². The molecule has 3 heteroatoms. The minimum Gasteiger partial charge on any atom is -0.311 e. The molecule has 0 bridgehead atoms. The van der Waals surface area contributed by atoms with Gasteiger partial charge in [-0.05, 0) is 327 Å². The van der Waals surface area contributed by atoms with Crippen molar-refractivity contribution in [3.8, 4) is 122 Å². The van der Waals surface area contributed by atoms with Crippen molar-refractivity contribution in [1.82, 2.24) is 0 Å². The molecule has 0 spiro atoms. The van der Waals surface area contributed by atoms with Crippen LogP contribution < -0.4 is 14.7 Å². The van der Waals surface area contributed by atoms with Crippen LogP contribution >= 0.6 is 0 Å². The third-order valence-corrected chi connectivity index (χ3v) is 28.3. The van der Waals surface area contributed by atoms with E-state index in [1.165, 1.54) is 187 Å². The first-order valence-corrected chi connectivity index (χ1v) is 50.5. The maximum Gasteiger partial charge on any atom is 0.0546 e. The van der Waals surface area contributed by atoms with Gasteiger partial charge in [-0.3, -0.25) is 0 Å². The highest BCUT2D eigenvalue weighted by Crippen LogP contribution is 2.48. The van der Waals surface area contributed by atoms with Crippen molar-refractivity contribution >= 4 is 116 Å². The lowest BCUT2D eigenvalue weighted by Crippen LogP contribution is -2.10. The Balaban J connectivity index is 0.000000118. The maximum atomic E-state index is 2.42. The topological polar surface area (TPSA) is 9.72 Å². The molecule has 0 atom stereocenters. The summed E-state index contributed by atoms with van der Waals surface area (Å²) in [7, 11) is 0. The van der Waals surface area contributed by atoms with Gasteiger partial charge in [-0.1, -0.05) is 467 Å². The van der Waals surface area contributed by atoms with E-state index >= 15 is 0 Å². The zero-order chi connectivity index (χ0) is 98.0. The van der Waals surface area contributed by atoms with E-state index in [-0.39, 0.29) is 0 Å². The molecular formula is C144H101N3. The molecule has 0 heterocycles. The molecule has 0 aromatic heterocycles. The van der Waals surface area contributed by atoms with E-state index in [1.54, 1.807) is 0 Å². The molecule has 0 N–H and O–H groups in total. The van der Waals surface area contributed by atoms with Gasteiger partial charge in [0, 0.05) is 50.9 Å². The summed E-state index contributed by atoms with van der Waals surface area (Å²) in [5.41, 5.74) is 36.9. The molecule has 147 heavy (non-hydrogen) atoms. The van der Waals surface area contributed by atoms with Crippen molar-refractivity contribution in [2.45, 2.75) is 0 Å². The largest absolute Gasteiger partial charge is 0.311 e. The van der Waals surface area contributed by atoms with Gasteiger partial charge in [0.25, 0.3) is 0 Å². The number of hydrogen-bond acceptors (Lipinski definition) is 3. The van der Waals surface area contributed by atoms with Crippen LogP contribution in [0.15, 0.2) is 613 Å². The van der Waals surface area contributed by atoms with E-state index in [2.05, 4.69) is 627 Å². The van der Waals surface area contributed by atoms with E-state index in [9.17, 15) is 0 Å². The maximum absolute atomic E-state index is 2.42. The first kappa shape index (κ1) is 90.2. The Hall–Kier alpha value is -19.3. The SMILES string of the molecule is c1ccc(-c2cc(-c3ccc(N(c4ccc(-c5cccc6ccccc56)cc4)c4cc5ccccc5c5ccccc45)cc3)cc3ccccc23)cc1.c1ccc(-c2ccc(-c3ccc(N(c4ccccc4)c4ccc(-c5cc(-c6ccccc6)c6ccccc6c5)cc4)cc3)cc2)cc1.c1ccc(-c2cccc(-c3ccc(N(c4ccccc4)c4ccc(-c5cc(-c6ccccc6)c6ccccc6c5)cc4)cc3)c2)cc1. The lowest BCUT2D eigenvalue weighted by Gasteiger charge is -2.28. The average molecular weight is 1870 g/mol. The first-order chi connectivity index (χ1) is 72.9. The van der Waals surface area contributed by atoms with Gasteiger partial charge in [0.05, 0.1) is 5.69 Å². The lowest BCUT2D eigenvalue weighted by atomic mass is 9.93. The second-order valence-corrected chi connectivity index (χ2v) is 37.4. The number of fused-ring (bicyclic) bond motifs is 7. The Morgan fingerprint density at radius 3 is 0.646 bits per heavy atom. The Morgan fingerprint density at radius 2 is 0.293 bits per heavy atom. The molecule has 0 fully saturated rings. The van der Waals surface area contributed by atoms with Gasteiger partial charge in [0.15, 0.2) is 0 Å². The molecule has 26 aromatic carbocycles. The molecule has 26 rings (SSSR count). The van der Waals surface area contributed by atoms with Crippen LogP contribution in [0, 0.1) is 0 Å². The minimum atomic E-state index is 1.11. The highest BCUT2D eigenvalue weighted by molar-refractivity contribution is 6.15. The van der Waals surface area contributed by atoms with Crippen molar-refractivity contribution < 1.29 is 0 Å². The molecule has 0 saturated heterocycles.